The van der Waals surface area contributed by atoms with Gasteiger partial charge in [0.25, 0.3) is 0 Å². The first kappa shape index (κ1) is 24.5. The third-order valence-corrected chi connectivity index (χ3v) is 7.18. The molecule has 1 rings (SSSR count). The number of rotatable bonds is 7. The molecule has 2 N–H and O–H groups in total. The minimum Gasteiger partial charge on any atom is -0.355 e. The minimum atomic E-state index is -3.12. The predicted molar refractivity (Wildman–Crippen MR) is 120 cm³/mol. The van der Waals surface area contributed by atoms with E-state index in [-0.39, 0.29) is 29.7 Å². The van der Waals surface area contributed by atoms with E-state index in [4.69, 9.17) is 0 Å². The van der Waals surface area contributed by atoms with E-state index in [9.17, 15) is 8.42 Å². The molecule has 5 nitrogen and oxygen atoms in total. The zero-order chi connectivity index (χ0) is 18.2. The van der Waals surface area contributed by atoms with Crippen molar-refractivity contribution in [2.45, 2.75) is 42.6 Å². The maximum Gasteiger partial charge on any atom is 0.191 e. The Labute approximate surface area is 173 Å². The van der Waals surface area contributed by atoms with Crippen LogP contribution in [0.15, 0.2) is 40.2 Å². The number of halogens is 1. The van der Waals surface area contributed by atoms with Gasteiger partial charge in [0.15, 0.2) is 15.8 Å². The molecule has 0 bridgehead atoms. The molecular weight excluding hydrogens is 469 g/mol. The maximum absolute atomic E-state index is 12.1. The number of sulfone groups is 1. The Bertz CT molecular complexity index is 629. The second-order valence-corrected chi connectivity index (χ2v) is 10.9. The van der Waals surface area contributed by atoms with Gasteiger partial charge in [0.1, 0.15) is 0 Å². The lowest BCUT2D eigenvalue weighted by atomic mass is 10.3. The molecule has 0 aromatic heterocycles. The molecule has 1 atom stereocenters. The topological polar surface area (TPSA) is 70.6 Å². The van der Waals surface area contributed by atoms with Gasteiger partial charge in [-0.15, -0.1) is 35.7 Å². The molecule has 8 heteroatoms. The van der Waals surface area contributed by atoms with Crippen LogP contribution < -0.4 is 10.6 Å². The van der Waals surface area contributed by atoms with Gasteiger partial charge in [-0.05, 0) is 32.9 Å². The van der Waals surface area contributed by atoms with E-state index in [1.165, 1.54) is 4.90 Å². The van der Waals surface area contributed by atoms with E-state index in [0.717, 1.165) is 6.54 Å². The van der Waals surface area contributed by atoms with E-state index in [0.29, 0.717) is 17.8 Å². The van der Waals surface area contributed by atoms with Crippen LogP contribution in [0.5, 0.6) is 0 Å². The quantitative estimate of drug-likeness (QED) is 0.261. The van der Waals surface area contributed by atoms with E-state index in [1.807, 2.05) is 18.2 Å². The van der Waals surface area contributed by atoms with Crippen LogP contribution in [-0.2, 0) is 9.84 Å². The Balaban J connectivity index is 0.00000576. The Morgan fingerprint density at radius 3 is 2.32 bits per heavy atom. The largest absolute Gasteiger partial charge is 0.355 e. The van der Waals surface area contributed by atoms with E-state index in [2.05, 4.69) is 34.7 Å². The van der Waals surface area contributed by atoms with Crippen molar-refractivity contribution >= 4 is 51.5 Å². The Morgan fingerprint density at radius 1 is 1.20 bits per heavy atom. The molecule has 0 saturated carbocycles. The van der Waals surface area contributed by atoms with Crippen LogP contribution in [0.1, 0.15) is 27.7 Å². The van der Waals surface area contributed by atoms with Crippen molar-refractivity contribution < 1.29 is 8.42 Å². The standard InChI is InChI=1S/C17H29N3O2S2.HI/c1-14(23-15-9-7-6-8-10-15)13-20-16(18-5)19-11-12-24(21,22)17(2,3)4;/h6-10,14H,11-13H2,1-5H3,(H2,18,19,20);1H. The van der Waals surface area contributed by atoms with Gasteiger partial charge in [-0.1, -0.05) is 25.1 Å². The molecule has 0 aliphatic rings. The van der Waals surface area contributed by atoms with Crippen molar-refractivity contribution in [2.75, 3.05) is 25.9 Å². The van der Waals surface area contributed by atoms with E-state index < -0.39 is 14.6 Å². The van der Waals surface area contributed by atoms with Gasteiger partial charge in [-0.25, -0.2) is 8.42 Å². The van der Waals surface area contributed by atoms with Gasteiger partial charge in [0.2, 0.25) is 0 Å². The molecule has 0 saturated heterocycles. The van der Waals surface area contributed by atoms with Crippen LogP contribution in [-0.4, -0.2) is 50.3 Å². The molecule has 0 spiro atoms. The first-order valence-corrected chi connectivity index (χ1v) is 10.6. The van der Waals surface area contributed by atoms with Crippen molar-refractivity contribution in [2.24, 2.45) is 4.99 Å². The third-order valence-electron chi connectivity index (χ3n) is 3.46. The highest BCUT2D eigenvalue weighted by Gasteiger charge is 2.28. The van der Waals surface area contributed by atoms with Crippen LogP contribution >= 0.6 is 35.7 Å². The summed E-state index contributed by atoms with van der Waals surface area (Å²) in [5, 5.41) is 6.67. The molecule has 0 fully saturated rings. The van der Waals surface area contributed by atoms with Gasteiger partial charge in [-0.3, -0.25) is 4.99 Å². The van der Waals surface area contributed by atoms with Gasteiger partial charge >= 0.3 is 0 Å². The second kappa shape index (κ2) is 11.3. The van der Waals surface area contributed by atoms with Crippen molar-refractivity contribution in [3.05, 3.63) is 30.3 Å². The Kier molecular flexibility index (Phi) is 11.1. The number of thioether (sulfide) groups is 1. The van der Waals surface area contributed by atoms with Crippen molar-refractivity contribution in [1.82, 2.24) is 10.6 Å². The molecule has 1 unspecified atom stereocenters. The Morgan fingerprint density at radius 2 is 1.80 bits per heavy atom. The molecule has 1 aromatic carbocycles. The molecule has 0 amide bonds. The lowest BCUT2D eigenvalue weighted by molar-refractivity contribution is 0.559. The third kappa shape index (κ3) is 9.14. The van der Waals surface area contributed by atoms with E-state index in [1.54, 1.807) is 39.6 Å². The predicted octanol–water partition coefficient (Wildman–Crippen LogP) is 3.16. The fourth-order valence-electron chi connectivity index (χ4n) is 1.84. The fraction of sp³-hybridized carbons (Fsp3) is 0.588. The summed E-state index contributed by atoms with van der Waals surface area (Å²) in [5.74, 6) is 0.713. The number of guanidine groups is 1. The lowest BCUT2D eigenvalue weighted by Crippen LogP contribution is -2.43. The average Bonchev–Trinajstić information content (AvgIpc) is 2.50. The molecule has 0 radical (unpaired) electrons. The Hall–Kier alpha value is -0.480. The SMILES string of the molecule is CN=C(NCCS(=O)(=O)C(C)(C)C)NCC(C)Sc1ccccc1.I. The summed E-state index contributed by atoms with van der Waals surface area (Å²) in [5.41, 5.74) is 0. The van der Waals surface area contributed by atoms with Crippen LogP contribution in [0.4, 0.5) is 0 Å². The average molecular weight is 499 g/mol. The summed E-state index contributed by atoms with van der Waals surface area (Å²) in [6.07, 6.45) is 0. The minimum absolute atomic E-state index is 0. The number of aliphatic imine (C=N–C) groups is 1. The summed E-state index contributed by atoms with van der Waals surface area (Å²) in [7, 11) is -1.44. The molecule has 144 valence electrons. The van der Waals surface area contributed by atoms with Crippen LogP contribution in [0.25, 0.3) is 0 Å². The maximum atomic E-state index is 12.1. The molecule has 1 aromatic rings. The van der Waals surface area contributed by atoms with Crippen LogP contribution in [0, 0.1) is 0 Å². The zero-order valence-electron chi connectivity index (χ0n) is 15.6. The monoisotopic (exact) mass is 499 g/mol. The summed E-state index contributed by atoms with van der Waals surface area (Å²) in [4.78, 5) is 5.37. The molecule has 0 heterocycles. The number of hydrogen-bond donors (Lipinski definition) is 2. The van der Waals surface area contributed by atoms with Crippen molar-refractivity contribution in [1.29, 1.82) is 0 Å². The highest BCUT2D eigenvalue weighted by atomic mass is 127. The highest BCUT2D eigenvalue weighted by molar-refractivity contribution is 14.0. The summed E-state index contributed by atoms with van der Waals surface area (Å²) in [6.45, 7) is 8.39. The molecule has 25 heavy (non-hydrogen) atoms. The number of hydrogen-bond acceptors (Lipinski definition) is 4. The van der Waals surface area contributed by atoms with E-state index >= 15 is 0 Å². The van der Waals surface area contributed by atoms with Crippen LogP contribution in [0.3, 0.4) is 0 Å². The molecule has 0 aliphatic heterocycles. The van der Waals surface area contributed by atoms with Gasteiger partial charge in [0, 0.05) is 30.3 Å². The summed E-state index contributed by atoms with van der Waals surface area (Å²) in [6, 6.07) is 10.2. The van der Waals surface area contributed by atoms with Gasteiger partial charge in [-0.2, -0.15) is 0 Å². The molecule has 0 aliphatic carbocycles. The van der Waals surface area contributed by atoms with Gasteiger partial charge in [0.05, 0.1) is 10.5 Å². The van der Waals surface area contributed by atoms with Gasteiger partial charge < -0.3 is 10.6 Å². The second-order valence-electron chi connectivity index (χ2n) is 6.55. The fourth-order valence-corrected chi connectivity index (χ4v) is 3.77. The first-order chi connectivity index (χ1) is 11.2. The number of benzene rings is 1. The normalized spacial score (nSPS) is 13.7. The zero-order valence-corrected chi connectivity index (χ0v) is 19.5. The summed E-state index contributed by atoms with van der Waals surface area (Å²) >= 11 is 1.79. The van der Waals surface area contributed by atoms with Crippen molar-refractivity contribution in [3.8, 4) is 0 Å². The van der Waals surface area contributed by atoms with Crippen LogP contribution in [0.2, 0.25) is 0 Å². The molecular formula is C17H30IN3O2S2. The smallest absolute Gasteiger partial charge is 0.191 e. The highest BCUT2D eigenvalue weighted by Crippen LogP contribution is 2.21. The number of nitrogens with one attached hydrogen (secondary N) is 2. The first-order valence-electron chi connectivity index (χ1n) is 8.04. The summed E-state index contributed by atoms with van der Waals surface area (Å²) < 4.78 is 23.4. The number of nitrogens with zero attached hydrogens (tertiary/aromatic N) is 1. The lowest BCUT2D eigenvalue weighted by Gasteiger charge is -2.20. The van der Waals surface area contributed by atoms with Crippen molar-refractivity contribution in [3.63, 3.8) is 0 Å².